The average Bonchev–Trinajstić information content (AvgIpc) is 2.60. The highest BCUT2D eigenvalue weighted by molar-refractivity contribution is 5.25. The maximum Gasteiger partial charge on any atom is 0.318 e. The van der Waals surface area contributed by atoms with Gasteiger partial charge in [0.2, 0.25) is 5.89 Å². The number of aromatic nitrogens is 2. The fraction of sp³-hybridized carbons (Fsp3) is 0.818. The van der Waals surface area contributed by atoms with Crippen molar-refractivity contribution in [3.63, 3.8) is 0 Å². The van der Waals surface area contributed by atoms with Gasteiger partial charge in [-0.1, -0.05) is 18.9 Å². The van der Waals surface area contributed by atoms with Crippen LogP contribution in [0.15, 0.2) is 4.42 Å². The van der Waals surface area contributed by atoms with Gasteiger partial charge in [0.05, 0.1) is 6.54 Å². The molecule has 0 saturated heterocycles. The van der Waals surface area contributed by atoms with E-state index in [1.54, 1.807) is 0 Å². The number of hydrogen-bond acceptors (Lipinski definition) is 5. The molecular formula is C11H20N4O. The van der Waals surface area contributed by atoms with E-state index in [1.165, 1.54) is 19.3 Å². The summed E-state index contributed by atoms with van der Waals surface area (Å²) in [7, 11) is 2.02. The van der Waals surface area contributed by atoms with Gasteiger partial charge in [-0.3, -0.25) is 0 Å². The van der Waals surface area contributed by atoms with E-state index in [0.29, 0.717) is 30.5 Å². The largest absolute Gasteiger partial charge is 0.407 e. The molecule has 16 heavy (non-hydrogen) atoms. The Bertz CT molecular complexity index is 332. The van der Waals surface area contributed by atoms with E-state index in [2.05, 4.69) is 34.3 Å². The van der Waals surface area contributed by atoms with Crippen LogP contribution in [0, 0.1) is 0 Å². The number of rotatable bonds is 5. The number of nitrogens with one attached hydrogen (secondary N) is 1. The lowest BCUT2D eigenvalue weighted by Gasteiger charge is -2.33. The number of nitrogens with zero attached hydrogens (tertiary/aromatic N) is 3. The van der Waals surface area contributed by atoms with Gasteiger partial charge < -0.3 is 14.6 Å². The lowest BCUT2D eigenvalue weighted by atomic mass is 9.92. The predicted octanol–water partition coefficient (Wildman–Crippen LogP) is 1.56. The predicted molar refractivity (Wildman–Crippen MR) is 62.3 cm³/mol. The molecule has 0 aliphatic heterocycles. The minimum Gasteiger partial charge on any atom is -0.407 e. The SMILES string of the molecule is CC(C)NCc1nnc(N(C)C2CCC2)o1. The molecule has 1 aliphatic rings. The van der Waals surface area contributed by atoms with E-state index in [0.717, 1.165) is 0 Å². The maximum atomic E-state index is 5.59. The second-order valence-electron chi connectivity index (χ2n) is 4.71. The molecule has 1 fully saturated rings. The van der Waals surface area contributed by atoms with Gasteiger partial charge in [0, 0.05) is 19.1 Å². The zero-order chi connectivity index (χ0) is 11.5. The van der Waals surface area contributed by atoms with Crippen molar-refractivity contribution < 1.29 is 4.42 Å². The molecule has 1 aliphatic carbocycles. The van der Waals surface area contributed by atoms with Gasteiger partial charge in [-0.2, -0.15) is 0 Å². The number of anilines is 1. The molecular weight excluding hydrogens is 204 g/mol. The molecule has 0 radical (unpaired) electrons. The van der Waals surface area contributed by atoms with Gasteiger partial charge >= 0.3 is 6.01 Å². The van der Waals surface area contributed by atoms with Gasteiger partial charge in [0.25, 0.3) is 0 Å². The minimum absolute atomic E-state index is 0.430. The molecule has 0 spiro atoms. The van der Waals surface area contributed by atoms with Crippen molar-refractivity contribution in [2.75, 3.05) is 11.9 Å². The highest BCUT2D eigenvalue weighted by Gasteiger charge is 2.25. The summed E-state index contributed by atoms with van der Waals surface area (Å²) in [6.07, 6.45) is 3.78. The normalized spacial score (nSPS) is 16.5. The summed E-state index contributed by atoms with van der Waals surface area (Å²) in [6, 6.07) is 1.66. The number of hydrogen-bond donors (Lipinski definition) is 1. The van der Waals surface area contributed by atoms with Crippen LogP contribution in [0.3, 0.4) is 0 Å². The summed E-state index contributed by atoms with van der Waals surface area (Å²) < 4.78 is 5.59. The van der Waals surface area contributed by atoms with Crippen LogP contribution in [0.25, 0.3) is 0 Å². The molecule has 0 aromatic carbocycles. The van der Waals surface area contributed by atoms with Crippen LogP contribution in [0.5, 0.6) is 0 Å². The first-order valence-electron chi connectivity index (χ1n) is 5.95. The van der Waals surface area contributed by atoms with E-state index in [9.17, 15) is 0 Å². The van der Waals surface area contributed by atoms with Crippen LogP contribution in [0.1, 0.15) is 39.0 Å². The zero-order valence-corrected chi connectivity index (χ0v) is 10.2. The first-order chi connectivity index (χ1) is 7.66. The first kappa shape index (κ1) is 11.4. The topological polar surface area (TPSA) is 54.2 Å². The molecule has 0 bridgehead atoms. The molecule has 5 nitrogen and oxygen atoms in total. The lowest BCUT2D eigenvalue weighted by molar-refractivity contribution is 0.370. The second-order valence-corrected chi connectivity index (χ2v) is 4.71. The van der Waals surface area contributed by atoms with Gasteiger partial charge in [-0.25, -0.2) is 0 Å². The van der Waals surface area contributed by atoms with E-state index in [-0.39, 0.29) is 0 Å². The van der Waals surface area contributed by atoms with E-state index >= 15 is 0 Å². The quantitative estimate of drug-likeness (QED) is 0.822. The summed E-state index contributed by atoms with van der Waals surface area (Å²) in [4.78, 5) is 2.09. The third-order valence-corrected chi connectivity index (χ3v) is 3.04. The highest BCUT2D eigenvalue weighted by atomic mass is 16.4. The summed E-state index contributed by atoms with van der Waals surface area (Å²) in [5.41, 5.74) is 0. The summed E-state index contributed by atoms with van der Waals surface area (Å²) >= 11 is 0. The monoisotopic (exact) mass is 224 g/mol. The fourth-order valence-electron chi connectivity index (χ4n) is 1.68. The molecule has 0 unspecified atom stereocenters. The van der Waals surface area contributed by atoms with Crippen LogP contribution in [0.4, 0.5) is 6.01 Å². The van der Waals surface area contributed by atoms with Crippen molar-refractivity contribution in [3.8, 4) is 0 Å². The Morgan fingerprint density at radius 3 is 2.75 bits per heavy atom. The van der Waals surface area contributed by atoms with Gasteiger partial charge in [-0.05, 0) is 19.3 Å². The third kappa shape index (κ3) is 2.52. The van der Waals surface area contributed by atoms with Gasteiger partial charge in [0.15, 0.2) is 0 Å². The van der Waals surface area contributed by atoms with Crippen LogP contribution in [0.2, 0.25) is 0 Å². The molecule has 90 valence electrons. The van der Waals surface area contributed by atoms with E-state index in [1.807, 2.05) is 7.05 Å². The van der Waals surface area contributed by atoms with Crippen molar-refractivity contribution in [3.05, 3.63) is 5.89 Å². The van der Waals surface area contributed by atoms with Crippen molar-refractivity contribution in [2.45, 2.75) is 51.7 Å². The summed E-state index contributed by atoms with van der Waals surface area (Å²) in [5, 5.41) is 11.4. The van der Waals surface area contributed by atoms with Gasteiger partial charge in [0.1, 0.15) is 0 Å². The van der Waals surface area contributed by atoms with E-state index in [4.69, 9.17) is 4.42 Å². The average molecular weight is 224 g/mol. The molecule has 1 aromatic rings. The molecule has 1 aromatic heterocycles. The zero-order valence-electron chi connectivity index (χ0n) is 10.2. The maximum absolute atomic E-state index is 5.59. The summed E-state index contributed by atoms with van der Waals surface area (Å²) in [5.74, 6) is 0.662. The molecule has 0 amide bonds. The Morgan fingerprint density at radius 1 is 1.44 bits per heavy atom. The van der Waals surface area contributed by atoms with Crippen LogP contribution in [-0.4, -0.2) is 29.3 Å². The van der Waals surface area contributed by atoms with Crippen molar-refractivity contribution in [1.29, 1.82) is 0 Å². The highest BCUT2D eigenvalue weighted by Crippen LogP contribution is 2.27. The molecule has 5 heteroatoms. The third-order valence-electron chi connectivity index (χ3n) is 3.04. The molecule has 1 N–H and O–H groups in total. The van der Waals surface area contributed by atoms with Crippen LogP contribution in [-0.2, 0) is 6.54 Å². The Kier molecular flexibility index (Phi) is 3.43. The van der Waals surface area contributed by atoms with Crippen LogP contribution >= 0.6 is 0 Å². The molecule has 1 saturated carbocycles. The Balaban J connectivity index is 1.90. The van der Waals surface area contributed by atoms with Crippen molar-refractivity contribution in [1.82, 2.24) is 15.5 Å². The standard InChI is InChI=1S/C11H20N4O/c1-8(2)12-7-10-13-14-11(16-10)15(3)9-5-4-6-9/h8-9,12H,4-7H2,1-3H3. The fourth-order valence-corrected chi connectivity index (χ4v) is 1.68. The van der Waals surface area contributed by atoms with Gasteiger partial charge in [-0.15, -0.1) is 5.10 Å². The Morgan fingerprint density at radius 2 is 2.19 bits per heavy atom. The van der Waals surface area contributed by atoms with Crippen LogP contribution < -0.4 is 10.2 Å². The lowest BCUT2D eigenvalue weighted by Crippen LogP contribution is -2.37. The Hall–Kier alpha value is -1.10. The minimum atomic E-state index is 0.430. The molecule has 0 atom stereocenters. The second kappa shape index (κ2) is 4.82. The smallest absolute Gasteiger partial charge is 0.318 e. The first-order valence-corrected chi connectivity index (χ1v) is 5.95. The van der Waals surface area contributed by atoms with E-state index < -0.39 is 0 Å². The molecule has 2 rings (SSSR count). The van der Waals surface area contributed by atoms with Crippen molar-refractivity contribution >= 4 is 6.01 Å². The Labute approximate surface area is 96.2 Å². The summed E-state index contributed by atoms with van der Waals surface area (Å²) in [6.45, 7) is 4.83. The molecule has 1 heterocycles. The van der Waals surface area contributed by atoms with Crippen molar-refractivity contribution in [2.24, 2.45) is 0 Å².